The van der Waals surface area contributed by atoms with E-state index in [1.165, 1.54) is 0 Å². The van der Waals surface area contributed by atoms with E-state index in [1.54, 1.807) is 7.11 Å². The van der Waals surface area contributed by atoms with Crippen molar-refractivity contribution in [3.8, 4) is 0 Å². The Kier molecular flexibility index (Phi) is 4.46. The SMILES string of the molecule is COCOCC(O)c1ccccc1. The Morgan fingerprint density at radius 2 is 2.00 bits per heavy atom. The molecule has 13 heavy (non-hydrogen) atoms. The van der Waals surface area contributed by atoms with Crippen molar-refractivity contribution in [2.24, 2.45) is 0 Å². The minimum Gasteiger partial charge on any atom is -0.386 e. The number of methoxy groups -OCH3 is 1. The average molecular weight is 182 g/mol. The van der Waals surface area contributed by atoms with Crippen LogP contribution in [0.15, 0.2) is 30.3 Å². The second kappa shape index (κ2) is 5.70. The van der Waals surface area contributed by atoms with Gasteiger partial charge in [0.15, 0.2) is 0 Å². The smallest absolute Gasteiger partial charge is 0.146 e. The predicted molar refractivity (Wildman–Crippen MR) is 49.2 cm³/mol. The van der Waals surface area contributed by atoms with Gasteiger partial charge in [0.05, 0.1) is 6.61 Å². The summed E-state index contributed by atoms with van der Waals surface area (Å²) in [4.78, 5) is 0. The fourth-order valence-electron chi connectivity index (χ4n) is 1.01. The van der Waals surface area contributed by atoms with Crippen LogP contribution in [0.25, 0.3) is 0 Å². The van der Waals surface area contributed by atoms with Gasteiger partial charge in [0.25, 0.3) is 0 Å². The number of hydrogen-bond donors (Lipinski definition) is 1. The zero-order chi connectivity index (χ0) is 9.52. The maximum Gasteiger partial charge on any atom is 0.146 e. The van der Waals surface area contributed by atoms with Gasteiger partial charge in [-0.3, -0.25) is 0 Å². The summed E-state index contributed by atoms with van der Waals surface area (Å²) < 4.78 is 9.72. The Morgan fingerprint density at radius 3 is 2.62 bits per heavy atom. The third-order valence-electron chi connectivity index (χ3n) is 1.66. The first-order valence-corrected chi connectivity index (χ1v) is 4.14. The summed E-state index contributed by atoms with van der Waals surface area (Å²) in [7, 11) is 1.55. The van der Waals surface area contributed by atoms with E-state index in [2.05, 4.69) is 0 Å². The molecule has 3 heteroatoms. The molecular weight excluding hydrogens is 168 g/mol. The number of benzene rings is 1. The average Bonchev–Trinajstić information content (AvgIpc) is 2.19. The first kappa shape index (κ1) is 10.2. The van der Waals surface area contributed by atoms with Gasteiger partial charge in [0, 0.05) is 7.11 Å². The van der Waals surface area contributed by atoms with Crippen LogP contribution >= 0.6 is 0 Å². The molecule has 0 saturated heterocycles. The van der Waals surface area contributed by atoms with Gasteiger partial charge in [0.2, 0.25) is 0 Å². The van der Waals surface area contributed by atoms with Crippen molar-refractivity contribution in [2.75, 3.05) is 20.5 Å². The molecule has 0 heterocycles. The van der Waals surface area contributed by atoms with Gasteiger partial charge in [0.1, 0.15) is 12.9 Å². The molecule has 1 unspecified atom stereocenters. The zero-order valence-corrected chi connectivity index (χ0v) is 7.64. The summed E-state index contributed by atoms with van der Waals surface area (Å²) in [6.07, 6.45) is -0.573. The highest BCUT2D eigenvalue weighted by Crippen LogP contribution is 2.11. The topological polar surface area (TPSA) is 38.7 Å². The van der Waals surface area contributed by atoms with Crippen molar-refractivity contribution in [1.82, 2.24) is 0 Å². The molecule has 0 aromatic heterocycles. The van der Waals surface area contributed by atoms with E-state index in [0.29, 0.717) is 0 Å². The molecule has 0 radical (unpaired) electrons. The molecule has 0 aliphatic carbocycles. The van der Waals surface area contributed by atoms with Crippen molar-refractivity contribution in [1.29, 1.82) is 0 Å². The molecule has 1 N–H and O–H groups in total. The lowest BCUT2D eigenvalue weighted by Crippen LogP contribution is -2.08. The predicted octanol–water partition coefficient (Wildman–Crippen LogP) is 1.34. The van der Waals surface area contributed by atoms with Crippen LogP contribution in [-0.2, 0) is 9.47 Å². The first-order chi connectivity index (χ1) is 6.34. The second-order valence-electron chi connectivity index (χ2n) is 2.70. The number of rotatable bonds is 5. The maximum atomic E-state index is 9.57. The molecule has 3 nitrogen and oxygen atoms in total. The summed E-state index contributed by atoms with van der Waals surface area (Å²) in [6, 6.07) is 9.40. The van der Waals surface area contributed by atoms with Crippen LogP contribution in [0.5, 0.6) is 0 Å². The minimum atomic E-state index is -0.573. The van der Waals surface area contributed by atoms with Crippen LogP contribution in [0.3, 0.4) is 0 Å². The van der Waals surface area contributed by atoms with Crippen LogP contribution in [0, 0.1) is 0 Å². The van der Waals surface area contributed by atoms with E-state index < -0.39 is 6.10 Å². The molecule has 0 aliphatic rings. The normalized spacial score (nSPS) is 12.8. The van der Waals surface area contributed by atoms with Gasteiger partial charge in [-0.15, -0.1) is 0 Å². The molecule has 0 amide bonds. The number of aliphatic hydroxyl groups is 1. The molecule has 72 valence electrons. The lowest BCUT2D eigenvalue weighted by Gasteiger charge is -2.10. The maximum absolute atomic E-state index is 9.57. The Bertz CT molecular complexity index is 223. The van der Waals surface area contributed by atoms with Crippen LogP contribution in [0.1, 0.15) is 11.7 Å². The van der Waals surface area contributed by atoms with E-state index in [0.717, 1.165) is 5.56 Å². The number of ether oxygens (including phenoxy) is 2. The minimum absolute atomic E-state index is 0.212. The molecule has 1 aromatic rings. The van der Waals surface area contributed by atoms with Crippen molar-refractivity contribution in [3.05, 3.63) is 35.9 Å². The van der Waals surface area contributed by atoms with Crippen molar-refractivity contribution in [2.45, 2.75) is 6.10 Å². The van der Waals surface area contributed by atoms with Gasteiger partial charge in [-0.1, -0.05) is 30.3 Å². The fourth-order valence-corrected chi connectivity index (χ4v) is 1.01. The molecule has 1 rings (SSSR count). The summed E-state index contributed by atoms with van der Waals surface area (Å²) in [6.45, 7) is 0.474. The Morgan fingerprint density at radius 1 is 1.31 bits per heavy atom. The highest BCUT2D eigenvalue weighted by molar-refractivity contribution is 5.17. The third kappa shape index (κ3) is 3.55. The molecule has 0 fully saturated rings. The van der Waals surface area contributed by atoms with Crippen LogP contribution < -0.4 is 0 Å². The summed E-state index contributed by atoms with van der Waals surface area (Å²) in [5.41, 5.74) is 0.860. The quantitative estimate of drug-likeness (QED) is 0.551. The summed E-state index contributed by atoms with van der Waals surface area (Å²) in [5.74, 6) is 0. The molecule has 0 saturated carbocycles. The number of hydrogen-bond acceptors (Lipinski definition) is 3. The fraction of sp³-hybridized carbons (Fsp3) is 0.400. The van der Waals surface area contributed by atoms with Gasteiger partial charge in [-0.05, 0) is 5.56 Å². The Hall–Kier alpha value is -0.900. The molecule has 0 bridgehead atoms. The Labute approximate surface area is 77.9 Å². The highest BCUT2D eigenvalue weighted by atomic mass is 16.7. The standard InChI is InChI=1S/C10H14O3/c1-12-8-13-7-10(11)9-5-3-2-4-6-9/h2-6,10-11H,7-8H2,1H3. The molecular formula is C10H14O3. The van der Waals surface area contributed by atoms with E-state index in [-0.39, 0.29) is 13.4 Å². The summed E-state index contributed by atoms with van der Waals surface area (Å²) >= 11 is 0. The van der Waals surface area contributed by atoms with E-state index in [4.69, 9.17) is 9.47 Å². The summed E-state index contributed by atoms with van der Waals surface area (Å²) in [5, 5.41) is 9.57. The van der Waals surface area contributed by atoms with Gasteiger partial charge >= 0.3 is 0 Å². The third-order valence-corrected chi connectivity index (χ3v) is 1.66. The molecule has 1 aromatic carbocycles. The van der Waals surface area contributed by atoms with Gasteiger partial charge < -0.3 is 14.6 Å². The van der Waals surface area contributed by atoms with Crippen molar-refractivity contribution in [3.63, 3.8) is 0 Å². The monoisotopic (exact) mass is 182 g/mol. The van der Waals surface area contributed by atoms with E-state index >= 15 is 0 Å². The van der Waals surface area contributed by atoms with Crippen LogP contribution in [-0.4, -0.2) is 25.6 Å². The Balaban J connectivity index is 2.35. The molecule has 0 spiro atoms. The van der Waals surface area contributed by atoms with Gasteiger partial charge in [-0.2, -0.15) is 0 Å². The lowest BCUT2D eigenvalue weighted by atomic mass is 10.1. The largest absolute Gasteiger partial charge is 0.386 e. The van der Waals surface area contributed by atoms with Crippen molar-refractivity contribution < 1.29 is 14.6 Å². The van der Waals surface area contributed by atoms with E-state index in [1.807, 2.05) is 30.3 Å². The first-order valence-electron chi connectivity index (χ1n) is 4.14. The van der Waals surface area contributed by atoms with E-state index in [9.17, 15) is 5.11 Å². The van der Waals surface area contributed by atoms with Crippen LogP contribution in [0.4, 0.5) is 0 Å². The van der Waals surface area contributed by atoms with Crippen LogP contribution in [0.2, 0.25) is 0 Å². The highest BCUT2D eigenvalue weighted by Gasteiger charge is 2.05. The molecule has 0 aliphatic heterocycles. The lowest BCUT2D eigenvalue weighted by molar-refractivity contribution is -0.0621. The van der Waals surface area contributed by atoms with Gasteiger partial charge in [-0.25, -0.2) is 0 Å². The molecule has 1 atom stereocenters. The van der Waals surface area contributed by atoms with Crippen molar-refractivity contribution >= 4 is 0 Å². The number of aliphatic hydroxyl groups excluding tert-OH is 1. The second-order valence-corrected chi connectivity index (χ2v) is 2.70. The zero-order valence-electron chi connectivity index (χ0n) is 7.64.